The maximum atomic E-state index is 10.8. The van der Waals surface area contributed by atoms with Crippen LogP contribution >= 0.6 is 11.8 Å². The summed E-state index contributed by atoms with van der Waals surface area (Å²) in [7, 11) is 1.37. The van der Waals surface area contributed by atoms with Gasteiger partial charge in [0.1, 0.15) is 0 Å². The Labute approximate surface area is 70.7 Å². The van der Waals surface area contributed by atoms with E-state index in [1.165, 1.54) is 18.9 Å². The summed E-state index contributed by atoms with van der Waals surface area (Å²) in [6.07, 6.45) is 0. The van der Waals surface area contributed by atoms with Crippen molar-refractivity contribution in [2.75, 3.05) is 18.6 Å². The van der Waals surface area contributed by atoms with E-state index in [-0.39, 0.29) is 11.9 Å². The van der Waals surface area contributed by atoms with Crippen LogP contribution in [0.5, 0.6) is 0 Å². The number of methoxy groups -OCH3 is 1. The number of hydrogen-bond acceptors (Lipinski definition) is 4. The summed E-state index contributed by atoms with van der Waals surface area (Å²) in [5.74, 6) is 0.760. The van der Waals surface area contributed by atoms with E-state index in [0.29, 0.717) is 11.5 Å². The molecular formula is C7H11NO2S. The van der Waals surface area contributed by atoms with Crippen molar-refractivity contribution < 1.29 is 9.53 Å². The van der Waals surface area contributed by atoms with Crippen LogP contribution in [0.4, 0.5) is 0 Å². The predicted octanol–water partition coefficient (Wildman–Crippen LogP) is 1.05. The minimum Gasteiger partial charge on any atom is -0.469 e. The monoisotopic (exact) mass is 173 g/mol. The molecule has 1 unspecified atom stereocenters. The highest BCUT2D eigenvalue weighted by atomic mass is 32.2. The number of nitrogens with zero attached hydrogens (tertiary/aromatic N) is 1. The van der Waals surface area contributed by atoms with Crippen molar-refractivity contribution in [3.63, 3.8) is 0 Å². The Balaban J connectivity index is 3.45. The number of thioether (sulfide) groups is 1. The van der Waals surface area contributed by atoms with Crippen molar-refractivity contribution in [3.8, 4) is 6.07 Å². The van der Waals surface area contributed by atoms with Gasteiger partial charge in [-0.05, 0) is 0 Å². The Morgan fingerprint density at radius 1 is 1.82 bits per heavy atom. The van der Waals surface area contributed by atoms with E-state index in [2.05, 4.69) is 4.74 Å². The van der Waals surface area contributed by atoms with Crippen LogP contribution in [0, 0.1) is 17.2 Å². The second-order valence-corrected chi connectivity index (χ2v) is 3.13. The zero-order valence-electron chi connectivity index (χ0n) is 6.66. The standard InChI is InChI=1S/C7H11NO2S/c1-6(7(9)10-2)5-11-4-3-8/h6H,4-5H2,1-2H3. The Hall–Kier alpha value is -0.690. The van der Waals surface area contributed by atoms with E-state index in [1.54, 1.807) is 6.92 Å². The molecule has 0 saturated carbocycles. The molecule has 0 aromatic heterocycles. The second-order valence-electron chi connectivity index (χ2n) is 2.10. The third-order valence-corrected chi connectivity index (χ3v) is 2.21. The van der Waals surface area contributed by atoms with Crippen LogP contribution in [0.2, 0.25) is 0 Å². The van der Waals surface area contributed by atoms with Gasteiger partial charge in [-0.2, -0.15) is 5.26 Å². The molecule has 0 bridgehead atoms. The molecule has 0 rings (SSSR count). The first-order chi connectivity index (χ1) is 5.22. The molecule has 0 aliphatic rings. The normalized spacial score (nSPS) is 11.7. The highest BCUT2D eigenvalue weighted by molar-refractivity contribution is 7.99. The summed E-state index contributed by atoms with van der Waals surface area (Å²) in [6, 6.07) is 1.99. The van der Waals surface area contributed by atoms with Gasteiger partial charge in [0.2, 0.25) is 0 Å². The van der Waals surface area contributed by atoms with E-state index in [1.807, 2.05) is 6.07 Å². The fourth-order valence-electron chi connectivity index (χ4n) is 0.551. The third kappa shape index (κ3) is 4.68. The van der Waals surface area contributed by atoms with Crippen molar-refractivity contribution in [1.29, 1.82) is 5.26 Å². The van der Waals surface area contributed by atoms with E-state index >= 15 is 0 Å². The summed E-state index contributed by atoms with van der Waals surface area (Å²) in [5.41, 5.74) is 0. The van der Waals surface area contributed by atoms with Crippen molar-refractivity contribution in [2.24, 2.45) is 5.92 Å². The Kier molecular flexibility index (Phi) is 5.67. The molecule has 0 aromatic rings. The number of ether oxygens (including phenoxy) is 1. The Morgan fingerprint density at radius 2 is 2.45 bits per heavy atom. The second kappa shape index (κ2) is 6.05. The Morgan fingerprint density at radius 3 is 2.91 bits per heavy atom. The van der Waals surface area contributed by atoms with Crippen LogP contribution in [-0.2, 0) is 9.53 Å². The van der Waals surface area contributed by atoms with Crippen molar-refractivity contribution >= 4 is 17.7 Å². The number of esters is 1. The highest BCUT2D eigenvalue weighted by Crippen LogP contribution is 2.08. The maximum absolute atomic E-state index is 10.8. The number of carbonyl (C=O) groups is 1. The van der Waals surface area contributed by atoms with Gasteiger partial charge in [0.05, 0.1) is 24.8 Å². The molecule has 0 amide bonds. The molecule has 11 heavy (non-hydrogen) atoms. The lowest BCUT2D eigenvalue weighted by atomic mass is 10.2. The molecule has 3 nitrogen and oxygen atoms in total. The third-order valence-electron chi connectivity index (χ3n) is 1.14. The van der Waals surface area contributed by atoms with Crippen LogP contribution in [0.3, 0.4) is 0 Å². The minimum atomic E-state index is -0.213. The van der Waals surface area contributed by atoms with Crippen LogP contribution in [0.25, 0.3) is 0 Å². The maximum Gasteiger partial charge on any atom is 0.309 e. The van der Waals surface area contributed by atoms with Gasteiger partial charge in [-0.3, -0.25) is 4.79 Å². The first-order valence-electron chi connectivity index (χ1n) is 3.25. The average molecular weight is 173 g/mol. The molecule has 0 aliphatic heterocycles. The van der Waals surface area contributed by atoms with E-state index < -0.39 is 0 Å². The van der Waals surface area contributed by atoms with Gasteiger partial charge in [-0.1, -0.05) is 6.92 Å². The number of carbonyl (C=O) groups excluding carboxylic acids is 1. The molecule has 4 heteroatoms. The topological polar surface area (TPSA) is 50.1 Å². The molecule has 0 saturated heterocycles. The quantitative estimate of drug-likeness (QED) is 0.471. The smallest absolute Gasteiger partial charge is 0.309 e. The highest BCUT2D eigenvalue weighted by Gasteiger charge is 2.11. The van der Waals surface area contributed by atoms with E-state index in [0.717, 1.165) is 0 Å². The van der Waals surface area contributed by atoms with Gasteiger partial charge in [-0.15, -0.1) is 11.8 Å². The summed E-state index contributed by atoms with van der Waals surface area (Å²) in [4.78, 5) is 10.8. The lowest BCUT2D eigenvalue weighted by Gasteiger charge is -2.05. The molecule has 0 aliphatic carbocycles. The predicted molar refractivity (Wildman–Crippen MR) is 44.1 cm³/mol. The van der Waals surface area contributed by atoms with Crippen molar-refractivity contribution in [3.05, 3.63) is 0 Å². The number of hydrogen-bond donors (Lipinski definition) is 0. The zero-order valence-corrected chi connectivity index (χ0v) is 7.48. The molecule has 62 valence electrons. The van der Waals surface area contributed by atoms with Crippen LogP contribution in [0.1, 0.15) is 6.92 Å². The van der Waals surface area contributed by atoms with Gasteiger partial charge >= 0.3 is 5.97 Å². The largest absolute Gasteiger partial charge is 0.469 e. The average Bonchev–Trinajstić information content (AvgIpc) is 2.03. The molecule has 0 N–H and O–H groups in total. The van der Waals surface area contributed by atoms with Crippen LogP contribution in [-0.4, -0.2) is 24.6 Å². The fraction of sp³-hybridized carbons (Fsp3) is 0.714. The molecule has 0 heterocycles. The molecule has 0 radical (unpaired) electrons. The summed E-state index contributed by atoms with van der Waals surface area (Å²) >= 11 is 1.44. The summed E-state index contributed by atoms with van der Waals surface area (Å²) in [6.45, 7) is 1.79. The van der Waals surface area contributed by atoms with Crippen molar-refractivity contribution in [2.45, 2.75) is 6.92 Å². The van der Waals surface area contributed by atoms with Gasteiger partial charge in [0.25, 0.3) is 0 Å². The lowest BCUT2D eigenvalue weighted by Crippen LogP contribution is -2.14. The number of nitriles is 1. The van der Waals surface area contributed by atoms with Gasteiger partial charge in [0, 0.05) is 5.75 Å². The molecular weight excluding hydrogens is 162 g/mol. The molecule has 0 spiro atoms. The number of rotatable bonds is 4. The summed E-state index contributed by atoms with van der Waals surface area (Å²) < 4.78 is 4.51. The van der Waals surface area contributed by atoms with Gasteiger partial charge < -0.3 is 4.74 Å². The molecule has 0 aromatic carbocycles. The van der Waals surface area contributed by atoms with Gasteiger partial charge in [-0.25, -0.2) is 0 Å². The molecule has 1 atom stereocenters. The van der Waals surface area contributed by atoms with Crippen LogP contribution in [0.15, 0.2) is 0 Å². The van der Waals surface area contributed by atoms with E-state index in [4.69, 9.17) is 5.26 Å². The summed E-state index contributed by atoms with van der Waals surface area (Å²) in [5, 5.41) is 8.19. The first kappa shape index (κ1) is 10.3. The molecule has 0 fully saturated rings. The SMILES string of the molecule is COC(=O)C(C)CSCC#N. The van der Waals surface area contributed by atoms with Crippen molar-refractivity contribution in [1.82, 2.24) is 0 Å². The van der Waals surface area contributed by atoms with Gasteiger partial charge in [0.15, 0.2) is 0 Å². The fourth-order valence-corrected chi connectivity index (χ4v) is 1.25. The first-order valence-corrected chi connectivity index (χ1v) is 4.40. The van der Waals surface area contributed by atoms with E-state index in [9.17, 15) is 4.79 Å². The zero-order chi connectivity index (χ0) is 8.69. The lowest BCUT2D eigenvalue weighted by molar-refractivity contribution is -0.143. The van der Waals surface area contributed by atoms with Crippen LogP contribution < -0.4 is 0 Å². The minimum absolute atomic E-state index is 0.113. The Bertz CT molecular complexity index is 164.